The van der Waals surface area contributed by atoms with Gasteiger partial charge in [0.25, 0.3) is 0 Å². The third-order valence-electron chi connectivity index (χ3n) is 2.52. The van der Waals surface area contributed by atoms with E-state index in [4.69, 9.17) is 5.73 Å². The van der Waals surface area contributed by atoms with Crippen LogP contribution in [-0.4, -0.2) is 10.6 Å². The number of rotatable bonds is 2. The van der Waals surface area contributed by atoms with Crippen LogP contribution < -0.4 is 5.73 Å². The Morgan fingerprint density at radius 2 is 1.64 bits per heavy atom. The summed E-state index contributed by atoms with van der Waals surface area (Å²) >= 11 is 0. The Hall–Kier alpha value is -0.860. The van der Waals surface area contributed by atoms with E-state index in [2.05, 4.69) is 0 Å². The molecule has 0 heterocycles. The number of aliphatic hydroxyl groups is 1. The van der Waals surface area contributed by atoms with Crippen LogP contribution in [0.15, 0.2) is 18.2 Å². The second kappa shape index (κ2) is 3.71. The van der Waals surface area contributed by atoms with Crippen molar-refractivity contribution in [2.75, 3.05) is 0 Å². The van der Waals surface area contributed by atoms with Crippen LogP contribution >= 0.6 is 0 Å². The standard InChI is InChI=1S/C12H19NO/c1-8-6-5-7-9(2)10(8)11(14)12(3,4)13/h5-7,11,14H,13H2,1-4H3. The molecule has 0 spiro atoms. The highest BCUT2D eigenvalue weighted by atomic mass is 16.3. The van der Waals surface area contributed by atoms with Gasteiger partial charge in [-0.25, -0.2) is 0 Å². The quantitative estimate of drug-likeness (QED) is 0.755. The molecule has 1 aromatic rings. The molecule has 0 fully saturated rings. The van der Waals surface area contributed by atoms with E-state index in [0.29, 0.717) is 0 Å². The van der Waals surface area contributed by atoms with Crippen LogP contribution in [-0.2, 0) is 0 Å². The number of aryl methyl sites for hydroxylation is 2. The Kier molecular flexibility index (Phi) is 2.98. The van der Waals surface area contributed by atoms with Gasteiger partial charge < -0.3 is 10.8 Å². The van der Waals surface area contributed by atoms with Gasteiger partial charge in [-0.1, -0.05) is 18.2 Å². The highest BCUT2D eigenvalue weighted by molar-refractivity contribution is 5.36. The molecule has 1 aromatic carbocycles. The number of hydrogen-bond donors (Lipinski definition) is 2. The van der Waals surface area contributed by atoms with Crippen molar-refractivity contribution in [1.82, 2.24) is 0 Å². The predicted molar refractivity (Wildman–Crippen MR) is 59.1 cm³/mol. The summed E-state index contributed by atoms with van der Waals surface area (Å²) in [6.45, 7) is 7.67. The fourth-order valence-electron chi connectivity index (χ4n) is 1.63. The smallest absolute Gasteiger partial charge is 0.0969 e. The fourth-order valence-corrected chi connectivity index (χ4v) is 1.63. The minimum atomic E-state index is -0.608. The van der Waals surface area contributed by atoms with Crippen molar-refractivity contribution < 1.29 is 5.11 Å². The number of nitrogens with two attached hydrogens (primary N) is 1. The number of benzene rings is 1. The lowest BCUT2D eigenvalue weighted by Gasteiger charge is -2.28. The van der Waals surface area contributed by atoms with Gasteiger partial charge in [0.15, 0.2) is 0 Å². The van der Waals surface area contributed by atoms with Gasteiger partial charge in [0.2, 0.25) is 0 Å². The molecule has 0 amide bonds. The average Bonchev–Trinajstić information content (AvgIpc) is 2.01. The van der Waals surface area contributed by atoms with Crippen molar-refractivity contribution in [2.24, 2.45) is 5.73 Å². The van der Waals surface area contributed by atoms with Gasteiger partial charge in [-0.2, -0.15) is 0 Å². The summed E-state index contributed by atoms with van der Waals surface area (Å²) in [5, 5.41) is 10.1. The van der Waals surface area contributed by atoms with Crippen LogP contribution in [0, 0.1) is 13.8 Å². The Morgan fingerprint density at radius 3 is 2.00 bits per heavy atom. The van der Waals surface area contributed by atoms with Gasteiger partial charge in [0.1, 0.15) is 0 Å². The summed E-state index contributed by atoms with van der Waals surface area (Å²) in [6, 6.07) is 5.99. The summed E-state index contributed by atoms with van der Waals surface area (Å²) < 4.78 is 0. The van der Waals surface area contributed by atoms with Crippen molar-refractivity contribution in [1.29, 1.82) is 0 Å². The fraction of sp³-hybridized carbons (Fsp3) is 0.500. The summed E-state index contributed by atoms with van der Waals surface area (Å²) in [7, 11) is 0. The molecule has 78 valence electrons. The Balaban J connectivity index is 3.19. The van der Waals surface area contributed by atoms with Crippen LogP contribution in [0.2, 0.25) is 0 Å². The molecule has 14 heavy (non-hydrogen) atoms. The van der Waals surface area contributed by atoms with Gasteiger partial charge in [-0.3, -0.25) is 0 Å². The van der Waals surface area contributed by atoms with Crippen LogP contribution in [0.4, 0.5) is 0 Å². The van der Waals surface area contributed by atoms with E-state index in [-0.39, 0.29) is 0 Å². The molecule has 2 heteroatoms. The van der Waals surface area contributed by atoms with Gasteiger partial charge in [0.05, 0.1) is 6.10 Å². The van der Waals surface area contributed by atoms with E-state index in [1.807, 2.05) is 45.9 Å². The topological polar surface area (TPSA) is 46.2 Å². The zero-order chi connectivity index (χ0) is 10.9. The summed E-state index contributed by atoms with van der Waals surface area (Å²) in [5.74, 6) is 0. The third-order valence-corrected chi connectivity index (χ3v) is 2.52. The molecule has 0 saturated heterocycles. The van der Waals surface area contributed by atoms with Crippen LogP contribution in [0.25, 0.3) is 0 Å². The van der Waals surface area contributed by atoms with E-state index in [9.17, 15) is 5.11 Å². The van der Waals surface area contributed by atoms with Gasteiger partial charge >= 0.3 is 0 Å². The molecule has 1 unspecified atom stereocenters. The van der Waals surface area contributed by atoms with Gasteiger partial charge in [0, 0.05) is 5.54 Å². The van der Waals surface area contributed by atoms with Crippen molar-refractivity contribution in [2.45, 2.75) is 39.3 Å². The molecule has 0 radical (unpaired) electrons. The van der Waals surface area contributed by atoms with Gasteiger partial charge in [-0.05, 0) is 44.4 Å². The monoisotopic (exact) mass is 193 g/mol. The molecule has 0 saturated carbocycles. The zero-order valence-corrected chi connectivity index (χ0v) is 9.33. The predicted octanol–water partition coefficient (Wildman–Crippen LogP) is 2.07. The lowest BCUT2D eigenvalue weighted by atomic mass is 9.87. The highest BCUT2D eigenvalue weighted by Gasteiger charge is 2.26. The third kappa shape index (κ3) is 2.14. The Bertz CT molecular complexity index is 305. The largest absolute Gasteiger partial charge is 0.386 e. The SMILES string of the molecule is Cc1cccc(C)c1C(O)C(C)(C)N. The number of aliphatic hydroxyl groups excluding tert-OH is 1. The number of hydrogen-bond acceptors (Lipinski definition) is 2. The van der Waals surface area contributed by atoms with E-state index in [0.717, 1.165) is 16.7 Å². The highest BCUT2D eigenvalue weighted by Crippen LogP contribution is 2.28. The van der Waals surface area contributed by atoms with E-state index in [1.165, 1.54) is 0 Å². The minimum Gasteiger partial charge on any atom is -0.386 e. The molecule has 0 aliphatic heterocycles. The molecule has 0 bridgehead atoms. The van der Waals surface area contributed by atoms with E-state index >= 15 is 0 Å². The molecule has 0 aliphatic rings. The molecule has 2 nitrogen and oxygen atoms in total. The summed E-state index contributed by atoms with van der Waals surface area (Å²) in [4.78, 5) is 0. The molecule has 3 N–H and O–H groups in total. The lowest BCUT2D eigenvalue weighted by Crippen LogP contribution is -2.39. The maximum atomic E-state index is 10.1. The molecular formula is C12H19NO. The first kappa shape index (κ1) is 11.2. The summed E-state index contributed by atoms with van der Waals surface area (Å²) in [6.07, 6.45) is -0.608. The summed E-state index contributed by atoms with van der Waals surface area (Å²) in [5.41, 5.74) is 8.44. The maximum Gasteiger partial charge on any atom is 0.0969 e. The van der Waals surface area contributed by atoms with Crippen molar-refractivity contribution in [3.63, 3.8) is 0 Å². The maximum absolute atomic E-state index is 10.1. The lowest BCUT2D eigenvalue weighted by molar-refractivity contribution is 0.103. The second-order valence-electron chi connectivity index (χ2n) is 4.53. The van der Waals surface area contributed by atoms with Crippen molar-refractivity contribution in [3.8, 4) is 0 Å². The molecule has 1 rings (SSSR count). The van der Waals surface area contributed by atoms with Crippen LogP contribution in [0.1, 0.15) is 36.6 Å². The first-order valence-corrected chi connectivity index (χ1v) is 4.87. The molecule has 0 aliphatic carbocycles. The van der Waals surface area contributed by atoms with E-state index in [1.54, 1.807) is 0 Å². The van der Waals surface area contributed by atoms with Crippen molar-refractivity contribution in [3.05, 3.63) is 34.9 Å². The average molecular weight is 193 g/mol. The van der Waals surface area contributed by atoms with Crippen LogP contribution in [0.3, 0.4) is 0 Å². The Morgan fingerprint density at radius 1 is 1.21 bits per heavy atom. The Labute approximate surface area is 85.8 Å². The first-order chi connectivity index (χ1) is 6.34. The van der Waals surface area contributed by atoms with Crippen LogP contribution in [0.5, 0.6) is 0 Å². The first-order valence-electron chi connectivity index (χ1n) is 4.87. The second-order valence-corrected chi connectivity index (χ2v) is 4.53. The van der Waals surface area contributed by atoms with Crippen molar-refractivity contribution >= 4 is 0 Å². The molecular weight excluding hydrogens is 174 g/mol. The molecule has 1 atom stereocenters. The minimum absolute atomic E-state index is 0.600. The molecule has 0 aromatic heterocycles. The van der Waals surface area contributed by atoms with E-state index < -0.39 is 11.6 Å². The zero-order valence-electron chi connectivity index (χ0n) is 9.33. The normalized spacial score (nSPS) is 14.1. The van der Waals surface area contributed by atoms with Gasteiger partial charge in [-0.15, -0.1) is 0 Å².